The molecule has 2 aromatic rings. The molecule has 0 fully saturated rings. The minimum Gasteiger partial charge on any atom is -0.494 e. The molecular formula is C15H12F4O. The lowest BCUT2D eigenvalue weighted by molar-refractivity contribution is 0.370. The first-order valence-electron chi connectivity index (χ1n) is 5.98. The van der Waals surface area contributed by atoms with Gasteiger partial charge in [0.25, 0.3) is 0 Å². The van der Waals surface area contributed by atoms with Crippen LogP contribution in [0.4, 0.5) is 17.6 Å². The number of halogens is 4. The average molecular weight is 284 g/mol. The molecule has 0 unspecified atom stereocenters. The number of hydrogen-bond donors (Lipinski definition) is 0. The van der Waals surface area contributed by atoms with Crippen LogP contribution >= 0.6 is 0 Å². The number of hydrogen-bond acceptors (Lipinski definition) is 1. The van der Waals surface area contributed by atoms with Gasteiger partial charge in [0.2, 0.25) is 5.82 Å². The Morgan fingerprint density at radius 2 is 1.45 bits per heavy atom. The highest BCUT2D eigenvalue weighted by Crippen LogP contribution is 2.23. The first kappa shape index (κ1) is 14.4. The molecule has 2 aromatic carbocycles. The molecule has 1 nitrogen and oxygen atoms in total. The molecule has 0 spiro atoms. The first-order valence-corrected chi connectivity index (χ1v) is 5.98. The van der Waals surface area contributed by atoms with E-state index < -0.39 is 23.3 Å². The van der Waals surface area contributed by atoms with Crippen molar-refractivity contribution >= 4 is 0 Å². The van der Waals surface area contributed by atoms with Crippen LogP contribution in [-0.4, -0.2) is 7.11 Å². The van der Waals surface area contributed by atoms with Crippen LogP contribution in [0.2, 0.25) is 0 Å². The van der Waals surface area contributed by atoms with Crippen molar-refractivity contribution in [1.29, 1.82) is 0 Å². The van der Waals surface area contributed by atoms with E-state index in [1.54, 1.807) is 0 Å². The highest BCUT2D eigenvalue weighted by Gasteiger charge is 2.15. The topological polar surface area (TPSA) is 9.23 Å². The Kier molecular flexibility index (Phi) is 4.27. The van der Waals surface area contributed by atoms with Gasteiger partial charge < -0.3 is 4.74 Å². The fourth-order valence-corrected chi connectivity index (χ4v) is 1.93. The zero-order valence-corrected chi connectivity index (χ0v) is 10.7. The fraction of sp³-hybridized carbons (Fsp3) is 0.200. The van der Waals surface area contributed by atoms with Gasteiger partial charge in [-0.15, -0.1) is 0 Å². The Bertz CT molecular complexity index is 626. The lowest BCUT2D eigenvalue weighted by atomic mass is 10.0. The van der Waals surface area contributed by atoms with Crippen molar-refractivity contribution in [1.82, 2.24) is 0 Å². The highest BCUT2D eigenvalue weighted by molar-refractivity contribution is 5.32. The zero-order valence-electron chi connectivity index (χ0n) is 10.7. The molecule has 0 aromatic heterocycles. The van der Waals surface area contributed by atoms with Crippen molar-refractivity contribution in [2.75, 3.05) is 7.11 Å². The van der Waals surface area contributed by atoms with Crippen molar-refractivity contribution in [3.05, 3.63) is 64.7 Å². The van der Waals surface area contributed by atoms with Crippen molar-refractivity contribution in [3.63, 3.8) is 0 Å². The van der Waals surface area contributed by atoms with Gasteiger partial charge in [0, 0.05) is 0 Å². The van der Waals surface area contributed by atoms with Gasteiger partial charge in [-0.05, 0) is 36.1 Å². The summed E-state index contributed by atoms with van der Waals surface area (Å²) in [6, 6.07) is 6.46. The van der Waals surface area contributed by atoms with Gasteiger partial charge in [-0.3, -0.25) is 0 Å². The SMILES string of the molecule is COc1ccc(CCc2cccc(F)c2F)c(F)c1F. The Labute approximate surface area is 113 Å². The summed E-state index contributed by atoms with van der Waals surface area (Å²) in [5, 5.41) is 0. The molecule has 2 rings (SSSR count). The molecule has 0 saturated heterocycles. The third-order valence-electron chi connectivity index (χ3n) is 3.04. The molecule has 0 atom stereocenters. The summed E-state index contributed by atoms with van der Waals surface area (Å²) in [4.78, 5) is 0. The summed E-state index contributed by atoms with van der Waals surface area (Å²) in [7, 11) is 1.24. The van der Waals surface area contributed by atoms with Gasteiger partial charge in [-0.1, -0.05) is 18.2 Å². The first-order chi connectivity index (χ1) is 9.54. The third kappa shape index (κ3) is 2.76. The van der Waals surface area contributed by atoms with Gasteiger partial charge in [-0.2, -0.15) is 4.39 Å². The minimum absolute atomic E-state index is 0.0626. The number of rotatable bonds is 4. The van der Waals surface area contributed by atoms with E-state index in [0.717, 1.165) is 6.07 Å². The maximum atomic E-state index is 13.7. The molecule has 0 aliphatic rings. The van der Waals surface area contributed by atoms with Crippen LogP contribution in [0.25, 0.3) is 0 Å². The molecule has 0 heterocycles. The zero-order chi connectivity index (χ0) is 14.7. The van der Waals surface area contributed by atoms with Crippen molar-refractivity contribution in [2.24, 2.45) is 0 Å². The van der Waals surface area contributed by atoms with Crippen LogP contribution in [0.15, 0.2) is 30.3 Å². The van der Waals surface area contributed by atoms with Crippen LogP contribution in [0, 0.1) is 23.3 Å². The van der Waals surface area contributed by atoms with Gasteiger partial charge in [0.05, 0.1) is 7.11 Å². The lowest BCUT2D eigenvalue weighted by Gasteiger charge is -2.08. The van der Waals surface area contributed by atoms with E-state index in [9.17, 15) is 17.6 Å². The Balaban J connectivity index is 2.19. The van der Waals surface area contributed by atoms with E-state index in [0.29, 0.717) is 0 Å². The summed E-state index contributed by atoms with van der Waals surface area (Å²) in [6.45, 7) is 0. The molecule has 0 aliphatic heterocycles. The number of ether oxygens (including phenoxy) is 1. The second-order valence-corrected chi connectivity index (χ2v) is 4.27. The summed E-state index contributed by atoms with van der Waals surface area (Å²) in [5.41, 5.74) is 0.215. The average Bonchev–Trinajstić information content (AvgIpc) is 2.44. The molecule has 0 radical (unpaired) electrons. The van der Waals surface area contributed by atoms with Crippen LogP contribution in [0.3, 0.4) is 0 Å². The summed E-state index contributed by atoms with van der Waals surface area (Å²) in [6.07, 6.45) is 0.138. The minimum atomic E-state index is -1.08. The van der Waals surface area contributed by atoms with Crippen LogP contribution in [-0.2, 0) is 12.8 Å². The third-order valence-corrected chi connectivity index (χ3v) is 3.04. The molecule has 5 heteroatoms. The molecule has 0 bridgehead atoms. The van der Waals surface area contributed by atoms with Gasteiger partial charge >= 0.3 is 0 Å². The normalized spacial score (nSPS) is 10.7. The van der Waals surface area contributed by atoms with E-state index in [4.69, 9.17) is 0 Å². The monoisotopic (exact) mass is 284 g/mol. The standard InChI is InChI=1S/C15H12F4O/c1-20-12-8-7-10(14(18)15(12)19)6-5-9-3-2-4-11(16)13(9)17/h2-4,7-8H,5-6H2,1H3. The lowest BCUT2D eigenvalue weighted by Crippen LogP contribution is -2.02. The van der Waals surface area contributed by atoms with Gasteiger partial charge in [0.15, 0.2) is 23.2 Å². The van der Waals surface area contributed by atoms with E-state index in [1.165, 1.54) is 31.4 Å². The van der Waals surface area contributed by atoms with Crippen LogP contribution in [0.5, 0.6) is 5.75 Å². The van der Waals surface area contributed by atoms with Crippen LogP contribution < -0.4 is 4.74 Å². The Morgan fingerprint density at radius 3 is 2.10 bits per heavy atom. The van der Waals surface area contributed by atoms with Crippen molar-refractivity contribution in [2.45, 2.75) is 12.8 Å². The number of aryl methyl sites for hydroxylation is 2. The van der Waals surface area contributed by atoms with E-state index in [2.05, 4.69) is 4.74 Å². The highest BCUT2D eigenvalue weighted by atomic mass is 19.2. The molecule has 0 amide bonds. The quantitative estimate of drug-likeness (QED) is 0.770. The van der Waals surface area contributed by atoms with Gasteiger partial charge in [0.1, 0.15) is 0 Å². The molecular weight excluding hydrogens is 272 g/mol. The predicted molar refractivity (Wildman–Crippen MR) is 66.7 cm³/mol. The van der Waals surface area contributed by atoms with Crippen molar-refractivity contribution in [3.8, 4) is 5.75 Å². The Morgan fingerprint density at radius 1 is 0.800 bits per heavy atom. The summed E-state index contributed by atoms with van der Waals surface area (Å²) in [5.74, 6) is -4.21. The fourth-order valence-electron chi connectivity index (χ4n) is 1.93. The van der Waals surface area contributed by atoms with Crippen molar-refractivity contribution < 1.29 is 22.3 Å². The second kappa shape index (κ2) is 5.94. The number of methoxy groups -OCH3 is 1. The molecule has 0 aliphatic carbocycles. The van der Waals surface area contributed by atoms with E-state index in [-0.39, 0.29) is 29.7 Å². The Hall–Kier alpha value is -2.04. The molecule has 0 N–H and O–H groups in total. The predicted octanol–water partition coefficient (Wildman–Crippen LogP) is 4.04. The molecule has 106 valence electrons. The summed E-state index contributed by atoms with van der Waals surface area (Å²) < 4.78 is 58.3. The van der Waals surface area contributed by atoms with Gasteiger partial charge in [-0.25, -0.2) is 13.2 Å². The maximum absolute atomic E-state index is 13.7. The number of benzene rings is 2. The smallest absolute Gasteiger partial charge is 0.200 e. The largest absolute Gasteiger partial charge is 0.494 e. The molecule has 0 saturated carbocycles. The summed E-state index contributed by atoms with van der Waals surface area (Å²) >= 11 is 0. The van der Waals surface area contributed by atoms with E-state index >= 15 is 0 Å². The maximum Gasteiger partial charge on any atom is 0.200 e. The van der Waals surface area contributed by atoms with E-state index in [1.807, 2.05) is 0 Å². The second-order valence-electron chi connectivity index (χ2n) is 4.27. The van der Waals surface area contributed by atoms with Crippen LogP contribution in [0.1, 0.15) is 11.1 Å². The molecule has 20 heavy (non-hydrogen) atoms.